The van der Waals surface area contributed by atoms with Crippen molar-refractivity contribution in [2.75, 3.05) is 30.8 Å². The van der Waals surface area contributed by atoms with Gasteiger partial charge in [0.2, 0.25) is 11.0 Å². The summed E-state index contributed by atoms with van der Waals surface area (Å²) in [5, 5.41) is 14.5. The maximum Gasteiger partial charge on any atom is 0.227 e. The van der Waals surface area contributed by atoms with Gasteiger partial charge in [0.1, 0.15) is 0 Å². The minimum absolute atomic E-state index is 0.0535. The first-order valence-corrected chi connectivity index (χ1v) is 7.65. The Morgan fingerprint density at radius 1 is 1.67 bits per heavy atom. The van der Waals surface area contributed by atoms with Crippen molar-refractivity contribution in [2.24, 2.45) is 0 Å². The van der Waals surface area contributed by atoms with Gasteiger partial charge in [-0.2, -0.15) is 0 Å². The lowest BCUT2D eigenvalue weighted by Crippen LogP contribution is -2.43. The summed E-state index contributed by atoms with van der Waals surface area (Å²) in [6.45, 7) is 4.15. The maximum absolute atomic E-state index is 11.8. The van der Waals surface area contributed by atoms with Gasteiger partial charge in [-0.1, -0.05) is 30.0 Å². The van der Waals surface area contributed by atoms with Gasteiger partial charge in [0.05, 0.1) is 13.2 Å². The minimum Gasteiger partial charge on any atom is -0.378 e. The normalized spacial score (nSPS) is 19.7. The van der Waals surface area contributed by atoms with E-state index < -0.39 is 0 Å². The van der Waals surface area contributed by atoms with Crippen LogP contribution in [0.1, 0.15) is 13.3 Å². The van der Waals surface area contributed by atoms with Crippen LogP contribution < -0.4 is 10.6 Å². The Kier molecular flexibility index (Phi) is 5.36. The first-order valence-electron chi connectivity index (χ1n) is 5.85. The van der Waals surface area contributed by atoms with Crippen LogP contribution in [-0.2, 0) is 9.53 Å². The number of nitrogens with one attached hydrogen (secondary N) is 2. The van der Waals surface area contributed by atoms with Gasteiger partial charge in [0, 0.05) is 19.0 Å². The standard InChI is InChI=1S/C10H16N4O2S2/c1-2-17-10-14-13-9(18-10)12-8(15)5-7-6-16-4-3-11-7/h7,11H,2-6H2,1H3,(H,12,13,15). The van der Waals surface area contributed by atoms with E-state index in [4.69, 9.17) is 4.74 Å². The summed E-state index contributed by atoms with van der Waals surface area (Å²) in [6.07, 6.45) is 0.399. The SMILES string of the molecule is CCSc1nnc(NC(=O)CC2COCCN2)s1. The fraction of sp³-hybridized carbons (Fsp3) is 0.700. The van der Waals surface area contributed by atoms with Crippen LogP contribution in [0.15, 0.2) is 4.34 Å². The first kappa shape index (κ1) is 13.7. The van der Waals surface area contributed by atoms with Crippen LogP contribution in [0.5, 0.6) is 0 Å². The summed E-state index contributed by atoms with van der Waals surface area (Å²) in [6, 6.07) is 0.0937. The number of carbonyl (C=O) groups excluding carboxylic acids is 1. The molecule has 1 saturated heterocycles. The van der Waals surface area contributed by atoms with Gasteiger partial charge in [-0.15, -0.1) is 10.2 Å². The molecule has 0 aromatic carbocycles. The van der Waals surface area contributed by atoms with Crippen LogP contribution >= 0.6 is 23.1 Å². The largest absolute Gasteiger partial charge is 0.378 e. The molecular formula is C10H16N4O2S2. The van der Waals surface area contributed by atoms with Crippen molar-refractivity contribution in [3.63, 3.8) is 0 Å². The molecule has 2 rings (SSSR count). The molecule has 1 aliphatic rings. The Bertz CT molecular complexity index is 393. The number of hydrogen-bond acceptors (Lipinski definition) is 7. The minimum atomic E-state index is -0.0535. The predicted molar refractivity (Wildman–Crippen MR) is 72.2 cm³/mol. The molecule has 18 heavy (non-hydrogen) atoms. The Labute approximate surface area is 114 Å². The summed E-state index contributed by atoms with van der Waals surface area (Å²) < 4.78 is 6.18. The average molecular weight is 288 g/mol. The quantitative estimate of drug-likeness (QED) is 0.621. The third-order valence-corrected chi connectivity index (χ3v) is 4.21. The lowest BCUT2D eigenvalue weighted by molar-refractivity contribution is -0.117. The monoisotopic (exact) mass is 288 g/mol. The van der Waals surface area contributed by atoms with E-state index in [1.54, 1.807) is 11.8 Å². The Hall–Kier alpha value is -0.700. The van der Waals surface area contributed by atoms with Crippen molar-refractivity contribution in [2.45, 2.75) is 23.7 Å². The van der Waals surface area contributed by atoms with Crippen LogP contribution in [0.4, 0.5) is 5.13 Å². The summed E-state index contributed by atoms with van der Waals surface area (Å²) in [4.78, 5) is 11.8. The molecule has 100 valence electrons. The number of amides is 1. The molecule has 1 atom stereocenters. The van der Waals surface area contributed by atoms with E-state index >= 15 is 0 Å². The third-order valence-electron chi connectivity index (χ3n) is 2.35. The molecule has 1 fully saturated rings. The molecule has 1 amide bonds. The summed E-state index contributed by atoms with van der Waals surface area (Å²) in [5.41, 5.74) is 0. The van der Waals surface area contributed by atoms with Crippen molar-refractivity contribution in [1.29, 1.82) is 0 Å². The fourth-order valence-electron chi connectivity index (χ4n) is 1.59. The highest BCUT2D eigenvalue weighted by molar-refractivity contribution is 8.01. The van der Waals surface area contributed by atoms with Gasteiger partial charge in [-0.25, -0.2) is 0 Å². The van der Waals surface area contributed by atoms with E-state index in [1.807, 2.05) is 0 Å². The van der Waals surface area contributed by atoms with Crippen LogP contribution in [0.2, 0.25) is 0 Å². The molecule has 1 aromatic heterocycles. The van der Waals surface area contributed by atoms with Gasteiger partial charge in [0.15, 0.2) is 4.34 Å². The summed E-state index contributed by atoms with van der Waals surface area (Å²) in [7, 11) is 0. The van der Waals surface area contributed by atoms with Crippen LogP contribution in [-0.4, -0.2) is 47.7 Å². The van der Waals surface area contributed by atoms with E-state index in [2.05, 4.69) is 27.8 Å². The van der Waals surface area contributed by atoms with Gasteiger partial charge in [0.25, 0.3) is 0 Å². The van der Waals surface area contributed by atoms with E-state index in [-0.39, 0.29) is 11.9 Å². The van der Waals surface area contributed by atoms with Gasteiger partial charge >= 0.3 is 0 Å². The second-order valence-electron chi connectivity index (χ2n) is 3.78. The van der Waals surface area contributed by atoms with Crippen molar-refractivity contribution in [3.05, 3.63) is 0 Å². The Balaban J connectivity index is 1.78. The highest BCUT2D eigenvalue weighted by Crippen LogP contribution is 2.25. The number of ether oxygens (including phenoxy) is 1. The first-order chi connectivity index (χ1) is 8.78. The molecule has 0 saturated carbocycles. The number of anilines is 1. The Morgan fingerprint density at radius 2 is 2.56 bits per heavy atom. The van der Waals surface area contributed by atoms with E-state index in [0.717, 1.165) is 16.6 Å². The Morgan fingerprint density at radius 3 is 3.28 bits per heavy atom. The molecule has 0 radical (unpaired) electrons. The number of morpholine rings is 1. The van der Waals surface area contributed by atoms with Gasteiger partial charge in [-0.3, -0.25) is 4.79 Å². The summed E-state index contributed by atoms with van der Waals surface area (Å²) >= 11 is 3.03. The third kappa shape index (κ3) is 4.20. The lowest BCUT2D eigenvalue weighted by atomic mass is 10.2. The molecule has 6 nitrogen and oxygen atoms in total. The second kappa shape index (κ2) is 7.03. The van der Waals surface area contributed by atoms with Gasteiger partial charge in [-0.05, 0) is 5.75 Å². The zero-order valence-corrected chi connectivity index (χ0v) is 11.8. The predicted octanol–water partition coefficient (Wildman–Crippen LogP) is 0.967. The highest BCUT2D eigenvalue weighted by atomic mass is 32.2. The average Bonchev–Trinajstić information content (AvgIpc) is 2.78. The van der Waals surface area contributed by atoms with Crippen molar-refractivity contribution in [1.82, 2.24) is 15.5 Å². The molecule has 1 aliphatic heterocycles. The maximum atomic E-state index is 11.8. The van der Waals surface area contributed by atoms with E-state index in [0.29, 0.717) is 24.8 Å². The number of nitrogens with zero attached hydrogens (tertiary/aromatic N) is 2. The molecule has 2 heterocycles. The van der Waals surface area contributed by atoms with Crippen molar-refractivity contribution in [3.8, 4) is 0 Å². The van der Waals surface area contributed by atoms with Crippen LogP contribution in [0, 0.1) is 0 Å². The van der Waals surface area contributed by atoms with E-state index in [9.17, 15) is 4.79 Å². The van der Waals surface area contributed by atoms with Crippen LogP contribution in [0.25, 0.3) is 0 Å². The fourth-order valence-corrected chi connectivity index (χ4v) is 3.25. The smallest absolute Gasteiger partial charge is 0.227 e. The lowest BCUT2D eigenvalue weighted by Gasteiger charge is -2.22. The number of rotatable bonds is 5. The molecule has 0 spiro atoms. The highest BCUT2D eigenvalue weighted by Gasteiger charge is 2.17. The number of aromatic nitrogens is 2. The van der Waals surface area contributed by atoms with Crippen LogP contribution in [0.3, 0.4) is 0 Å². The zero-order chi connectivity index (χ0) is 12.8. The molecule has 1 aromatic rings. The molecule has 8 heteroatoms. The van der Waals surface area contributed by atoms with Gasteiger partial charge < -0.3 is 15.4 Å². The van der Waals surface area contributed by atoms with Crippen molar-refractivity contribution < 1.29 is 9.53 Å². The second-order valence-corrected chi connectivity index (χ2v) is 6.27. The number of hydrogen-bond donors (Lipinski definition) is 2. The molecule has 0 aliphatic carbocycles. The molecule has 2 N–H and O–H groups in total. The molecular weight excluding hydrogens is 272 g/mol. The molecule has 0 bridgehead atoms. The number of carbonyl (C=O) groups is 1. The molecule has 1 unspecified atom stereocenters. The number of thioether (sulfide) groups is 1. The van der Waals surface area contributed by atoms with E-state index in [1.165, 1.54) is 11.3 Å². The topological polar surface area (TPSA) is 76.1 Å². The van der Waals surface area contributed by atoms with Crippen molar-refractivity contribution >= 4 is 34.1 Å². The summed E-state index contributed by atoms with van der Waals surface area (Å²) in [5.74, 6) is 0.897. The zero-order valence-electron chi connectivity index (χ0n) is 10.1.